The molecule has 88 valence electrons. The van der Waals surface area contributed by atoms with Gasteiger partial charge in [0, 0.05) is 24.2 Å². The van der Waals surface area contributed by atoms with Crippen LogP contribution in [-0.4, -0.2) is 22.2 Å². The van der Waals surface area contributed by atoms with Gasteiger partial charge in [-0.05, 0) is 24.3 Å². The van der Waals surface area contributed by atoms with Gasteiger partial charge in [0.25, 0.3) is 0 Å². The highest BCUT2D eigenvalue weighted by atomic mass is 15.2. The van der Waals surface area contributed by atoms with Crippen LogP contribution in [0, 0.1) is 0 Å². The van der Waals surface area contributed by atoms with Crippen molar-refractivity contribution in [1.82, 2.24) is 15.2 Å². The fourth-order valence-corrected chi connectivity index (χ4v) is 1.94. The van der Waals surface area contributed by atoms with Crippen molar-refractivity contribution in [2.45, 2.75) is 0 Å². The summed E-state index contributed by atoms with van der Waals surface area (Å²) in [5.41, 5.74) is 2.87. The number of aromatic nitrogens is 3. The average Bonchev–Trinajstić information content (AvgIpc) is 2.47. The van der Waals surface area contributed by atoms with Crippen LogP contribution in [0.25, 0.3) is 22.2 Å². The molecule has 2 aromatic heterocycles. The van der Waals surface area contributed by atoms with E-state index < -0.39 is 0 Å². The zero-order chi connectivity index (χ0) is 12.4. The quantitative estimate of drug-likeness (QED) is 0.743. The predicted octanol–water partition coefficient (Wildman–Crippen LogP) is 2.73. The molecule has 18 heavy (non-hydrogen) atoms. The number of pyridine rings is 1. The molecule has 3 aromatic rings. The summed E-state index contributed by atoms with van der Waals surface area (Å²) < 4.78 is 0. The number of rotatable bonds is 2. The van der Waals surface area contributed by atoms with Crippen molar-refractivity contribution < 1.29 is 0 Å². The van der Waals surface area contributed by atoms with Gasteiger partial charge in [-0.2, -0.15) is 0 Å². The Labute approximate surface area is 105 Å². The summed E-state index contributed by atoms with van der Waals surface area (Å²) in [6, 6.07) is 13.9. The van der Waals surface area contributed by atoms with Crippen LogP contribution in [0.5, 0.6) is 0 Å². The molecule has 1 N–H and O–H groups in total. The van der Waals surface area contributed by atoms with E-state index in [4.69, 9.17) is 0 Å². The number of nitrogens with zero attached hydrogens (tertiary/aromatic N) is 3. The molecule has 2 heterocycles. The normalized spacial score (nSPS) is 10.5. The van der Waals surface area contributed by atoms with Crippen molar-refractivity contribution >= 4 is 16.7 Å². The second-order valence-corrected chi connectivity index (χ2v) is 3.93. The molecule has 0 spiro atoms. The summed E-state index contributed by atoms with van der Waals surface area (Å²) in [5, 5.41) is 12.4. The van der Waals surface area contributed by atoms with Crippen molar-refractivity contribution in [3.63, 3.8) is 0 Å². The Morgan fingerprint density at radius 1 is 0.944 bits per heavy atom. The minimum Gasteiger partial charge on any atom is -0.372 e. The molecule has 0 aliphatic carbocycles. The molecule has 1 aromatic carbocycles. The number of benzene rings is 1. The largest absolute Gasteiger partial charge is 0.372 e. The van der Waals surface area contributed by atoms with Crippen molar-refractivity contribution in [3.05, 3.63) is 48.7 Å². The average molecular weight is 236 g/mol. The van der Waals surface area contributed by atoms with E-state index in [0.29, 0.717) is 0 Å². The number of hydrogen-bond donors (Lipinski definition) is 1. The van der Waals surface area contributed by atoms with Gasteiger partial charge in [0.2, 0.25) is 0 Å². The van der Waals surface area contributed by atoms with Gasteiger partial charge in [0.15, 0.2) is 0 Å². The fourth-order valence-electron chi connectivity index (χ4n) is 1.94. The van der Waals surface area contributed by atoms with Crippen LogP contribution in [0.3, 0.4) is 0 Å². The highest BCUT2D eigenvalue weighted by Crippen LogP contribution is 2.25. The van der Waals surface area contributed by atoms with E-state index in [1.807, 2.05) is 49.5 Å². The molecule has 0 amide bonds. The van der Waals surface area contributed by atoms with E-state index in [1.54, 1.807) is 6.20 Å². The molecule has 0 saturated heterocycles. The molecular weight excluding hydrogens is 224 g/mol. The SMILES string of the molecule is CNc1ccc(-c2cccc3ncccc23)nn1. The zero-order valence-electron chi connectivity index (χ0n) is 9.96. The first-order valence-electron chi connectivity index (χ1n) is 5.74. The standard InChI is InChI=1S/C14H12N4/c1-15-14-8-7-13(17-18-14)11-4-2-6-12-10(11)5-3-9-16-12/h2-9H,1H3,(H,15,18). The van der Waals surface area contributed by atoms with Crippen molar-refractivity contribution in [2.75, 3.05) is 12.4 Å². The van der Waals surface area contributed by atoms with Gasteiger partial charge in [-0.3, -0.25) is 4.98 Å². The number of nitrogens with one attached hydrogen (secondary N) is 1. The Balaban J connectivity index is 2.18. The summed E-state index contributed by atoms with van der Waals surface area (Å²) in [4.78, 5) is 4.34. The van der Waals surface area contributed by atoms with Gasteiger partial charge in [0.1, 0.15) is 5.82 Å². The highest BCUT2D eigenvalue weighted by molar-refractivity contribution is 5.93. The Morgan fingerprint density at radius 2 is 1.89 bits per heavy atom. The van der Waals surface area contributed by atoms with E-state index in [-0.39, 0.29) is 0 Å². The Kier molecular flexibility index (Phi) is 2.61. The number of fused-ring (bicyclic) bond motifs is 1. The van der Waals surface area contributed by atoms with Gasteiger partial charge in [-0.1, -0.05) is 18.2 Å². The summed E-state index contributed by atoms with van der Waals surface area (Å²) in [5.74, 6) is 0.761. The highest BCUT2D eigenvalue weighted by Gasteiger charge is 2.05. The second-order valence-electron chi connectivity index (χ2n) is 3.93. The van der Waals surface area contributed by atoms with Gasteiger partial charge >= 0.3 is 0 Å². The van der Waals surface area contributed by atoms with Crippen LogP contribution in [0.1, 0.15) is 0 Å². The van der Waals surface area contributed by atoms with Crippen molar-refractivity contribution in [2.24, 2.45) is 0 Å². The van der Waals surface area contributed by atoms with Crippen molar-refractivity contribution in [1.29, 1.82) is 0 Å². The van der Waals surface area contributed by atoms with E-state index in [0.717, 1.165) is 28.0 Å². The van der Waals surface area contributed by atoms with Crippen LogP contribution in [0.2, 0.25) is 0 Å². The monoisotopic (exact) mass is 236 g/mol. The Hall–Kier alpha value is -2.49. The van der Waals surface area contributed by atoms with Gasteiger partial charge in [-0.15, -0.1) is 10.2 Å². The molecule has 4 nitrogen and oxygen atoms in total. The first kappa shape index (κ1) is 10.7. The van der Waals surface area contributed by atoms with Crippen LogP contribution in [-0.2, 0) is 0 Å². The third kappa shape index (κ3) is 1.78. The van der Waals surface area contributed by atoms with Gasteiger partial charge < -0.3 is 5.32 Å². The third-order valence-corrected chi connectivity index (χ3v) is 2.84. The molecule has 0 unspecified atom stereocenters. The molecule has 0 aliphatic heterocycles. The van der Waals surface area contributed by atoms with Crippen molar-refractivity contribution in [3.8, 4) is 11.3 Å². The summed E-state index contributed by atoms with van der Waals surface area (Å²) in [7, 11) is 1.82. The summed E-state index contributed by atoms with van der Waals surface area (Å²) in [6.45, 7) is 0. The molecule has 0 aliphatic rings. The smallest absolute Gasteiger partial charge is 0.148 e. The maximum atomic E-state index is 4.34. The minimum absolute atomic E-state index is 0.761. The first-order chi connectivity index (χ1) is 8.88. The Morgan fingerprint density at radius 3 is 2.67 bits per heavy atom. The maximum Gasteiger partial charge on any atom is 0.148 e. The number of anilines is 1. The van der Waals surface area contributed by atoms with Crippen LogP contribution in [0.15, 0.2) is 48.7 Å². The second kappa shape index (κ2) is 4.41. The van der Waals surface area contributed by atoms with E-state index in [2.05, 4.69) is 20.5 Å². The first-order valence-corrected chi connectivity index (χ1v) is 5.74. The molecular formula is C14H12N4. The number of hydrogen-bond acceptors (Lipinski definition) is 4. The lowest BCUT2D eigenvalue weighted by molar-refractivity contribution is 1.04. The molecule has 4 heteroatoms. The summed E-state index contributed by atoms with van der Waals surface area (Å²) >= 11 is 0. The van der Waals surface area contributed by atoms with E-state index in [1.165, 1.54) is 0 Å². The molecule has 3 rings (SSSR count). The molecule has 0 fully saturated rings. The predicted molar refractivity (Wildman–Crippen MR) is 72.3 cm³/mol. The van der Waals surface area contributed by atoms with Crippen LogP contribution in [0.4, 0.5) is 5.82 Å². The third-order valence-electron chi connectivity index (χ3n) is 2.84. The molecule has 0 bridgehead atoms. The topological polar surface area (TPSA) is 50.7 Å². The molecule has 0 saturated carbocycles. The van der Waals surface area contributed by atoms with Crippen LogP contribution < -0.4 is 5.32 Å². The molecule has 0 radical (unpaired) electrons. The summed E-state index contributed by atoms with van der Waals surface area (Å²) in [6.07, 6.45) is 1.79. The zero-order valence-corrected chi connectivity index (χ0v) is 9.96. The van der Waals surface area contributed by atoms with E-state index >= 15 is 0 Å². The minimum atomic E-state index is 0.761. The van der Waals surface area contributed by atoms with Gasteiger partial charge in [0.05, 0.1) is 11.2 Å². The van der Waals surface area contributed by atoms with Gasteiger partial charge in [-0.25, -0.2) is 0 Å². The maximum absolute atomic E-state index is 4.34. The van der Waals surface area contributed by atoms with Crippen LogP contribution >= 0.6 is 0 Å². The lowest BCUT2D eigenvalue weighted by atomic mass is 10.1. The lowest BCUT2D eigenvalue weighted by Crippen LogP contribution is -1.95. The van der Waals surface area contributed by atoms with E-state index in [9.17, 15) is 0 Å². The Bertz CT molecular complexity index is 671. The molecule has 0 atom stereocenters. The fraction of sp³-hybridized carbons (Fsp3) is 0.0714. The lowest BCUT2D eigenvalue weighted by Gasteiger charge is -2.05.